The number of para-hydroxylation sites is 1. The maximum absolute atomic E-state index is 12.5. The lowest BCUT2D eigenvalue weighted by Crippen LogP contribution is -2.63. The Kier molecular flexibility index (Phi) is 5.36. The molecule has 3 saturated heterocycles. The van der Waals surface area contributed by atoms with E-state index < -0.39 is 0 Å². The van der Waals surface area contributed by atoms with Gasteiger partial charge in [0.1, 0.15) is 5.82 Å². The van der Waals surface area contributed by atoms with E-state index >= 15 is 0 Å². The Morgan fingerprint density at radius 1 is 1.03 bits per heavy atom. The number of carbonyl (C=O) groups excluding carboxylic acids is 2. The number of nitrogens with zero attached hydrogens (tertiary/aromatic N) is 5. The molecule has 3 aromatic rings. The van der Waals surface area contributed by atoms with Gasteiger partial charge in [0.15, 0.2) is 0 Å². The van der Waals surface area contributed by atoms with Crippen LogP contribution in [0.15, 0.2) is 42.7 Å². The summed E-state index contributed by atoms with van der Waals surface area (Å²) in [4.78, 5) is 35.8. The average Bonchev–Trinajstić information content (AvgIpc) is 3.16. The molecular formula is C26H31N7O2. The number of nitrogen functional groups attached to an aromatic ring is 1. The van der Waals surface area contributed by atoms with Gasteiger partial charge in [-0.25, -0.2) is 4.98 Å². The van der Waals surface area contributed by atoms with Crippen molar-refractivity contribution >= 4 is 39.9 Å². The quantitative estimate of drug-likeness (QED) is 0.556. The van der Waals surface area contributed by atoms with Gasteiger partial charge in [-0.15, -0.1) is 0 Å². The first-order valence-corrected chi connectivity index (χ1v) is 12.3. The number of amides is 2. The van der Waals surface area contributed by atoms with E-state index in [4.69, 9.17) is 5.73 Å². The number of aromatic nitrogens is 2. The highest BCUT2D eigenvalue weighted by atomic mass is 16.2. The lowest BCUT2D eigenvalue weighted by Gasteiger charge is -2.49. The Morgan fingerprint density at radius 3 is 2.54 bits per heavy atom. The molecule has 0 radical (unpaired) electrons. The first kappa shape index (κ1) is 21.9. The highest BCUT2D eigenvalue weighted by molar-refractivity contribution is 6.04. The van der Waals surface area contributed by atoms with Gasteiger partial charge < -0.3 is 20.1 Å². The third-order valence-corrected chi connectivity index (χ3v) is 7.80. The van der Waals surface area contributed by atoms with Gasteiger partial charge in [0, 0.05) is 70.4 Å². The molecule has 0 spiro atoms. The predicted molar refractivity (Wildman–Crippen MR) is 136 cm³/mol. The number of piperazine rings is 1. The molecule has 6 rings (SSSR count). The standard InChI is InChI=1S/C26H31N7O2/c1-30-16-21(20-6-8-24(34)29-26(20)35)19-3-2-4-22(25(19)30)33-14-18(15-33)32-11-9-31(10-12-32)17-5-7-23(27)28-13-17/h2-5,7,13,16,18,20H,6,8-12,14-15H2,1H3,(H2,27,28)(H,29,34,35). The molecule has 9 heteroatoms. The SMILES string of the molecule is Cn1cc(C2CCC(=O)NC2=O)c2cccc(N3CC(N4CCN(c5ccc(N)nc5)CC4)C3)c21. The van der Waals surface area contributed by atoms with Crippen LogP contribution in [0.25, 0.3) is 10.9 Å². The molecule has 1 aromatic carbocycles. The lowest BCUT2D eigenvalue weighted by atomic mass is 9.90. The zero-order valence-corrected chi connectivity index (χ0v) is 20.0. The normalized spacial score (nSPS) is 21.9. The van der Waals surface area contributed by atoms with Crippen LogP contribution in [0.1, 0.15) is 24.3 Å². The van der Waals surface area contributed by atoms with E-state index in [1.807, 2.05) is 25.4 Å². The fraction of sp³-hybridized carbons (Fsp3) is 0.423. The van der Waals surface area contributed by atoms with E-state index in [0.29, 0.717) is 24.7 Å². The number of aryl methyl sites for hydroxylation is 1. The monoisotopic (exact) mass is 473 g/mol. The molecule has 35 heavy (non-hydrogen) atoms. The Bertz CT molecular complexity index is 1270. The number of imide groups is 1. The molecule has 3 aliphatic heterocycles. The highest BCUT2D eigenvalue weighted by Gasteiger charge is 2.36. The number of nitrogens with one attached hydrogen (secondary N) is 1. The summed E-state index contributed by atoms with van der Waals surface area (Å²) in [7, 11) is 2.05. The van der Waals surface area contributed by atoms with Crippen LogP contribution in [-0.2, 0) is 16.6 Å². The van der Waals surface area contributed by atoms with Crippen molar-refractivity contribution in [2.75, 3.05) is 54.8 Å². The first-order chi connectivity index (χ1) is 17.0. The van der Waals surface area contributed by atoms with Crippen LogP contribution < -0.4 is 20.9 Å². The second-order valence-corrected chi connectivity index (χ2v) is 9.90. The van der Waals surface area contributed by atoms with Crippen LogP contribution in [0.3, 0.4) is 0 Å². The Morgan fingerprint density at radius 2 is 1.83 bits per heavy atom. The molecular weight excluding hydrogens is 442 g/mol. The lowest BCUT2D eigenvalue weighted by molar-refractivity contribution is -0.134. The molecule has 5 heterocycles. The number of nitrogens with two attached hydrogens (primary N) is 1. The number of rotatable bonds is 4. The van der Waals surface area contributed by atoms with Crippen molar-refractivity contribution in [2.45, 2.75) is 24.8 Å². The van der Waals surface area contributed by atoms with Crippen molar-refractivity contribution < 1.29 is 9.59 Å². The van der Waals surface area contributed by atoms with E-state index in [-0.39, 0.29) is 17.7 Å². The molecule has 0 bridgehead atoms. The van der Waals surface area contributed by atoms with Crippen LogP contribution in [0.4, 0.5) is 17.2 Å². The van der Waals surface area contributed by atoms with E-state index in [1.54, 1.807) is 0 Å². The van der Waals surface area contributed by atoms with Crippen LogP contribution in [0.5, 0.6) is 0 Å². The fourth-order valence-corrected chi connectivity index (χ4v) is 5.81. The number of pyridine rings is 1. The maximum Gasteiger partial charge on any atom is 0.234 e. The minimum atomic E-state index is -0.275. The number of carbonyl (C=O) groups is 2. The second-order valence-electron chi connectivity index (χ2n) is 9.90. The average molecular weight is 474 g/mol. The summed E-state index contributed by atoms with van der Waals surface area (Å²) in [5.41, 5.74) is 10.2. The van der Waals surface area contributed by atoms with Crippen molar-refractivity contribution in [1.82, 2.24) is 19.8 Å². The Balaban J connectivity index is 1.14. The summed E-state index contributed by atoms with van der Waals surface area (Å²) < 4.78 is 2.14. The van der Waals surface area contributed by atoms with Crippen LogP contribution in [-0.4, -0.2) is 71.6 Å². The van der Waals surface area contributed by atoms with Crippen LogP contribution in [0.2, 0.25) is 0 Å². The highest BCUT2D eigenvalue weighted by Crippen LogP contribution is 2.38. The van der Waals surface area contributed by atoms with Crippen LogP contribution >= 0.6 is 0 Å². The number of anilines is 3. The topological polar surface area (TPSA) is 99.7 Å². The number of hydrogen-bond donors (Lipinski definition) is 2. The minimum absolute atomic E-state index is 0.176. The smallest absolute Gasteiger partial charge is 0.234 e. The van der Waals surface area contributed by atoms with Crippen molar-refractivity contribution in [3.8, 4) is 0 Å². The summed E-state index contributed by atoms with van der Waals surface area (Å²) in [5.74, 6) is -0.0791. The van der Waals surface area contributed by atoms with Crippen molar-refractivity contribution in [1.29, 1.82) is 0 Å². The second kappa shape index (κ2) is 8.57. The molecule has 3 fully saturated rings. The minimum Gasteiger partial charge on any atom is -0.384 e. The largest absolute Gasteiger partial charge is 0.384 e. The Labute approximate surface area is 204 Å². The summed E-state index contributed by atoms with van der Waals surface area (Å²) in [6.45, 7) is 6.06. The van der Waals surface area contributed by atoms with Gasteiger partial charge in [-0.05, 0) is 30.2 Å². The summed E-state index contributed by atoms with van der Waals surface area (Å²) in [6.07, 6.45) is 4.89. The van der Waals surface area contributed by atoms with Gasteiger partial charge >= 0.3 is 0 Å². The zero-order chi connectivity index (χ0) is 24.1. The first-order valence-electron chi connectivity index (χ1n) is 12.3. The van der Waals surface area contributed by atoms with Gasteiger partial charge in [0.05, 0.1) is 29.0 Å². The van der Waals surface area contributed by atoms with E-state index in [1.165, 1.54) is 5.69 Å². The van der Waals surface area contributed by atoms with E-state index in [2.05, 4.69) is 54.0 Å². The van der Waals surface area contributed by atoms with E-state index in [9.17, 15) is 9.59 Å². The van der Waals surface area contributed by atoms with Crippen molar-refractivity contribution in [3.05, 3.63) is 48.3 Å². The molecule has 1 unspecified atom stereocenters. The van der Waals surface area contributed by atoms with Gasteiger partial charge in [0.2, 0.25) is 11.8 Å². The summed E-state index contributed by atoms with van der Waals surface area (Å²) >= 11 is 0. The maximum atomic E-state index is 12.5. The number of benzene rings is 1. The molecule has 3 aliphatic rings. The summed E-state index contributed by atoms with van der Waals surface area (Å²) in [6, 6.07) is 10.8. The van der Waals surface area contributed by atoms with E-state index in [0.717, 1.165) is 61.4 Å². The zero-order valence-electron chi connectivity index (χ0n) is 20.0. The molecule has 0 aliphatic carbocycles. The molecule has 9 nitrogen and oxygen atoms in total. The molecule has 2 amide bonds. The molecule has 0 saturated carbocycles. The predicted octanol–water partition coefficient (Wildman–Crippen LogP) is 1.69. The van der Waals surface area contributed by atoms with Gasteiger partial charge in [0.25, 0.3) is 0 Å². The number of fused-ring (bicyclic) bond motifs is 1. The third kappa shape index (κ3) is 3.89. The van der Waals surface area contributed by atoms with Crippen molar-refractivity contribution in [3.63, 3.8) is 0 Å². The van der Waals surface area contributed by atoms with Gasteiger partial charge in [-0.3, -0.25) is 19.8 Å². The molecule has 3 N–H and O–H groups in total. The van der Waals surface area contributed by atoms with Crippen LogP contribution in [0, 0.1) is 0 Å². The van der Waals surface area contributed by atoms with Crippen molar-refractivity contribution in [2.24, 2.45) is 7.05 Å². The third-order valence-electron chi connectivity index (χ3n) is 7.80. The fourth-order valence-electron chi connectivity index (χ4n) is 5.81. The molecule has 1 atom stereocenters. The number of hydrogen-bond acceptors (Lipinski definition) is 7. The summed E-state index contributed by atoms with van der Waals surface area (Å²) in [5, 5.41) is 3.61. The molecule has 2 aromatic heterocycles. The molecule has 182 valence electrons. The Hall–Kier alpha value is -3.59. The van der Waals surface area contributed by atoms with Gasteiger partial charge in [-0.2, -0.15) is 0 Å². The van der Waals surface area contributed by atoms with Gasteiger partial charge in [-0.1, -0.05) is 12.1 Å². The number of piperidine rings is 1.